The van der Waals surface area contributed by atoms with Crippen molar-refractivity contribution in [2.24, 2.45) is 0 Å². The molecule has 32 heavy (non-hydrogen) atoms. The van der Waals surface area contributed by atoms with Crippen molar-refractivity contribution >= 4 is 28.3 Å². The van der Waals surface area contributed by atoms with Gasteiger partial charge in [0.25, 0.3) is 5.91 Å². The van der Waals surface area contributed by atoms with E-state index in [0.29, 0.717) is 5.69 Å². The summed E-state index contributed by atoms with van der Waals surface area (Å²) in [5.74, 6) is 0.246. The van der Waals surface area contributed by atoms with Crippen LogP contribution in [0.3, 0.4) is 0 Å². The summed E-state index contributed by atoms with van der Waals surface area (Å²) in [6.45, 7) is 4.91. The number of para-hydroxylation sites is 2. The third-order valence-corrected chi connectivity index (χ3v) is 6.90. The number of hydrogen-bond acceptors (Lipinski definition) is 6. The summed E-state index contributed by atoms with van der Waals surface area (Å²) in [6, 6.07) is 10.9. The minimum Gasteiger partial charge on any atom is -0.345 e. The molecular formula is C23H23FN6OS. The van der Waals surface area contributed by atoms with Crippen molar-refractivity contribution in [2.45, 2.75) is 25.3 Å². The lowest BCUT2D eigenvalue weighted by atomic mass is 9.82. The summed E-state index contributed by atoms with van der Waals surface area (Å²) in [5, 5.41) is 5.41. The number of aromatic amines is 1. The number of nitrogens with one attached hydrogen (secondary N) is 2. The number of carbonyl (C=O) groups is 1. The van der Waals surface area contributed by atoms with Crippen molar-refractivity contribution in [3.05, 3.63) is 76.0 Å². The zero-order valence-corrected chi connectivity index (χ0v) is 18.5. The van der Waals surface area contributed by atoms with E-state index in [9.17, 15) is 9.18 Å². The van der Waals surface area contributed by atoms with Gasteiger partial charge in [0.1, 0.15) is 22.3 Å². The number of pyridine rings is 1. The maximum Gasteiger partial charge on any atom is 0.271 e. The first kappa shape index (κ1) is 20.7. The number of aromatic nitrogens is 4. The van der Waals surface area contributed by atoms with E-state index in [1.54, 1.807) is 5.38 Å². The second-order valence-electron chi connectivity index (χ2n) is 8.37. The average molecular weight is 451 g/mol. The number of nitrogens with zero attached hydrogens (tertiary/aromatic N) is 4. The Kier molecular flexibility index (Phi) is 5.44. The van der Waals surface area contributed by atoms with Crippen LogP contribution in [0.5, 0.6) is 0 Å². The van der Waals surface area contributed by atoms with E-state index in [1.807, 2.05) is 24.3 Å². The van der Waals surface area contributed by atoms with Gasteiger partial charge in [-0.15, -0.1) is 11.3 Å². The maximum atomic E-state index is 13.7. The van der Waals surface area contributed by atoms with E-state index in [0.717, 1.165) is 47.9 Å². The van der Waals surface area contributed by atoms with Crippen LogP contribution < -0.4 is 5.32 Å². The standard InChI is InChI=1S/C23H23FN6OS/c1-23(13-30(14-23)10-8-20-27-16-6-2-3-7-17(16)28-20)22-29-19(12-32-22)21(31)26-11-18-15(24)5-4-9-25-18/h2-7,9,12H,8,10-11,13-14H2,1H3,(H,26,31)(H,27,28). The Hall–Kier alpha value is -3.17. The number of amides is 1. The second kappa shape index (κ2) is 8.40. The van der Waals surface area contributed by atoms with E-state index in [1.165, 1.54) is 29.7 Å². The molecule has 4 aromatic rings. The fourth-order valence-electron chi connectivity index (χ4n) is 4.08. The van der Waals surface area contributed by atoms with Crippen LogP contribution >= 0.6 is 11.3 Å². The lowest BCUT2D eigenvalue weighted by Gasteiger charge is -2.46. The molecule has 9 heteroatoms. The Morgan fingerprint density at radius 1 is 1.25 bits per heavy atom. The van der Waals surface area contributed by atoms with Gasteiger partial charge in [0, 0.05) is 43.0 Å². The van der Waals surface area contributed by atoms with E-state index < -0.39 is 5.82 Å². The third-order valence-electron chi connectivity index (χ3n) is 5.75. The van der Waals surface area contributed by atoms with Crippen molar-refractivity contribution in [1.82, 2.24) is 30.2 Å². The fourth-order valence-corrected chi connectivity index (χ4v) is 5.03. The van der Waals surface area contributed by atoms with Crippen molar-refractivity contribution in [1.29, 1.82) is 0 Å². The zero-order chi connectivity index (χ0) is 22.1. The molecule has 0 bridgehead atoms. The lowest BCUT2D eigenvalue weighted by Crippen LogP contribution is -2.57. The Bertz CT molecular complexity index is 1230. The molecular weight excluding hydrogens is 427 g/mol. The van der Waals surface area contributed by atoms with Crippen LogP contribution in [0, 0.1) is 5.82 Å². The van der Waals surface area contributed by atoms with Gasteiger partial charge in [0.15, 0.2) is 0 Å². The number of H-pyrrole nitrogens is 1. The summed E-state index contributed by atoms with van der Waals surface area (Å²) in [6.07, 6.45) is 2.36. The highest BCUT2D eigenvalue weighted by atomic mass is 32.1. The molecule has 3 aromatic heterocycles. The predicted molar refractivity (Wildman–Crippen MR) is 121 cm³/mol. The Morgan fingerprint density at radius 2 is 2.09 bits per heavy atom. The Balaban J connectivity index is 1.14. The normalized spacial score (nSPS) is 15.6. The molecule has 1 aromatic carbocycles. The van der Waals surface area contributed by atoms with Crippen LogP contribution in [-0.2, 0) is 18.4 Å². The second-order valence-corrected chi connectivity index (χ2v) is 9.23. The van der Waals surface area contributed by atoms with Gasteiger partial charge in [-0.2, -0.15) is 0 Å². The number of thiazole rings is 1. The number of benzene rings is 1. The van der Waals surface area contributed by atoms with Crippen LogP contribution in [0.25, 0.3) is 11.0 Å². The quantitative estimate of drug-likeness (QED) is 0.451. The zero-order valence-electron chi connectivity index (χ0n) is 17.6. The molecule has 0 saturated carbocycles. The van der Waals surface area contributed by atoms with Gasteiger partial charge >= 0.3 is 0 Å². The molecule has 4 heterocycles. The summed E-state index contributed by atoms with van der Waals surface area (Å²) in [5.41, 5.74) is 2.57. The molecule has 1 aliphatic heterocycles. The van der Waals surface area contributed by atoms with Gasteiger partial charge < -0.3 is 15.2 Å². The topological polar surface area (TPSA) is 86.8 Å². The van der Waals surface area contributed by atoms with Crippen LogP contribution in [0.1, 0.15) is 33.9 Å². The van der Waals surface area contributed by atoms with Crippen LogP contribution in [-0.4, -0.2) is 50.4 Å². The van der Waals surface area contributed by atoms with Gasteiger partial charge in [0.2, 0.25) is 0 Å². The molecule has 0 aliphatic carbocycles. The van der Waals surface area contributed by atoms with Crippen molar-refractivity contribution in [3.63, 3.8) is 0 Å². The van der Waals surface area contributed by atoms with Gasteiger partial charge in [-0.3, -0.25) is 9.78 Å². The van der Waals surface area contributed by atoms with E-state index >= 15 is 0 Å². The maximum absolute atomic E-state index is 13.7. The van der Waals surface area contributed by atoms with Crippen LogP contribution in [0.2, 0.25) is 0 Å². The first-order valence-electron chi connectivity index (χ1n) is 10.5. The molecule has 0 radical (unpaired) electrons. The van der Waals surface area contributed by atoms with E-state index in [2.05, 4.69) is 37.1 Å². The first-order chi connectivity index (χ1) is 15.5. The number of rotatable bonds is 7. The average Bonchev–Trinajstić information content (AvgIpc) is 3.42. The highest BCUT2D eigenvalue weighted by Gasteiger charge is 2.42. The Labute approximate surface area is 188 Å². The van der Waals surface area contributed by atoms with Crippen LogP contribution in [0.4, 0.5) is 4.39 Å². The molecule has 0 spiro atoms. The highest BCUT2D eigenvalue weighted by Crippen LogP contribution is 2.36. The molecule has 2 N–H and O–H groups in total. The van der Waals surface area contributed by atoms with E-state index in [-0.39, 0.29) is 23.6 Å². The molecule has 0 unspecified atom stereocenters. The van der Waals surface area contributed by atoms with Gasteiger partial charge in [-0.05, 0) is 24.3 Å². The smallest absolute Gasteiger partial charge is 0.271 e. The lowest BCUT2D eigenvalue weighted by molar-refractivity contribution is 0.0785. The summed E-state index contributed by atoms with van der Waals surface area (Å²) < 4.78 is 13.7. The Morgan fingerprint density at radius 3 is 2.91 bits per heavy atom. The molecule has 1 amide bonds. The van der Waals surface area contributed by atoms with Gasteiger partial charge in [-0.1, -0.05) is 19.1 Å². The number of likely N-dealkylation sites (tertiary alicyclic amines) is 1. The number of hydrogen-bond donors (Lipinski definition) is 2. The van der Waals surface area contributed by atoms with Crippen molar-refractivity contribution in [3.8, 4) is 0 Å². The summed E-state index contributed by atoms with van der Waals surface area (Å²) in [4.78, 5) is 31.3. The van der Waals surface area contributed by atoms with Crippen molar-refractivity contribution in [2.75, 3.05) is 19.6 Å². The molecule has 5 rings (SSSR count). The SMILES string of the molecule is CC1(c2nc(C(=O)NCc3ncccc3F)cs2)CN(CCc2nc3ccccc3[nH]2)C1. The van der Waals surface area contributed by atoms with E-state index in [4.69, 9.17) is 0 Å². The number of halogens is 1. The number of carbonyl (C=O) groups excluding carboxylic acids is 1. The molecule has 1 aliphatic rings. The minimum absolute atomic E-state index is 0.0329. The highest BCUT2D eigenvalue weighted by molar-refractivity contribution is 7.10. The minimum atomic E-state index is -0.434. The van der Waals surface area contributed by atoms with Gasteiger partial charge in [0.05, 0.1) is 23.3 Å². The molecule has 0 atom stereocenters. The number of imidazole rings is 1. The van der Waals surface area contributed by atoms with Gasteiger partial charge in [-0.25, -0.2) is 14.4 Å². The molecule has 1 fully saturated rings. The first-order valence-corrected chi connectivity index (χ1v) is 11.4. The largest absolute Gasteiger partial charge is 0.345 e. The monoisotopic (exact) mass is 450 g/mol. The molecule has 1 saturated heterocycles. The number of fused-ring (bicyclic) bond motifs is 1. The molecule has 7 nitrogen and oxygen atoms in total. The predicted octanol–water partition coefficient (Wildman–Crippen LogP) is 3.30. The van der Waals surface area contributed by atoms with Crippen molar-refractivity contribution < 1.29 is 9.18 Å². The third kappa shape index (κ3) is 4.13. The fraction of sp³-hybridized carbons (Fsp3) is 0.304. The van der Waals surface area contributed by atoms with Crippen LogP contribution in [0.15, 0.2) is 48.0 Å². The molecule has 164 valence electrons. The summed E-state index contributed by atoms with van der Waals surface area (Å²) in [7, 11) is 0. The summed E-state index contributed by atoms with van der Waals surface area (Å²) >= 11 is 1.50.